The summed E-state index contributed by atoms with van der Waals surface area (Å²) < 4.78 is 0. The summed E-state index contributed by atoms with van der Waals surface area (Å²) in [6.45, 7) is 3.34. The van der Waals surface area contributed by atoms with Crippen molar-refractivity contribution in [2.75, 3.05) is 5.32 Å². The molecule has 7 nitrogen and oxygen atoms in total. The number of amides is 2. The van der Waals surface area contributed by atoms with Gasteiger partial charge >= 0.3 is 5.69 Å². The molecule has 1 aromatic heterocycles. The highest BCUT2D eigenvalue weighted by molar-refractivity contribution is 6.04. The van der Waals surface area contributed by atoms with Gasteiger partial charge in [-0.05, 0) is 37.6 Å². The summed E-state index contributed by atoms with van der Waals surface area (Å²) in [4.78, 5) is 39.1. The monoisotopic (exact) mass is 274 g/mol. The van der Waals surface area contributed by atoms with Crippen molar-refractivity contribution in [3.8, 4) is 0 Å². The summed E-state index contributed by atoms with van der Waals surface area (Å²) in [5, 5.41) is 2.64. The fourth-order valence-electron chi connectivity index (χ4n) is 1.91. The minimum atomic E-state index is -0.522. The number of anilines is 1. The minimum Gasteiger partial charge on any atom is -0.366 e. The van der Waals surface area contributed by atoms with Gasteiger partial charge in [-0.3, -0.25) is 9.59 Å². The van der Waals surface area contributed by atoms with Gasteiger partial charge in [0.2, 0.25) is 5.91 Å². The number of hydrogen-bond acceptors (Lipinski definition) is 3. The number of H-pyrrole nitrogens is 2. The predicted octanol–water partition coefficient (Wildman–Crippen LogP) is 0.671. The van der Waals surface area contributed by atoms with Gasteiger partial charge in [0.25, 0.3) is 5.91 Å². The first-order valence-corrected chi connectivity index (χ1v) is 5.89. The molecule has 2 aromatic rings. The number of aromatic nitrogens is 2. The number of nitrogens with one attached hydrogen (secondary N) is 3. The Morgan fingerprint density at radius 2 is 1.90 bits per heavy atom. The number of carbonyl (C=O) groups excluding carboxylic acids is 2. The second kappa shape index (κ2) is 5.04. The van der Waals surface area contributed by atoms with Crippen molar-refractivity contribution in [3.63, 3.8) is 0 Å². The lowest BCUT2D eigenvalue weighted by atomic mass is 10.1. The molecule has 2 amide bonds. The van der Waals surface area contributed by atoms with Gasteiger partial charge in [-0.1, -0.05) is 0 Å². The van der Waals surface area contributed by atoms with Crippen molar-refractivity contribution < 1.29 is 9.59 Å². The number of carbonyl (C=O) groups is 2. The molecule has 0 aliphatic carbocycles. The van der Waals surface area contributed by atoms with Crippen molar-refractivity contribution in [3.05, 3.63) is 51.2 Å². The molecule has 5 N–H and O–H groups in total. The van der Waals surface area contributed by atoms with E-state index in [0.29, 0.717) is 22.5 Å². The van der Waals surface area contributed by atoms with Crippen molar-refractivity contribution >= 4 is 17.5 Å². The van der Waals surface area contributed by atoms with E-state index < -0.39 is 17.5 Å². The van der Waals surface area contributed by atoms with E-state index in [9.17, 15) is 14.4 Å². The zero-order chi connectivity index (χ0) is 14.9. The van der Waals surface area contributed by atoms with Crippen LogP contribution in [0.4, 0.5) is 5.69 Å². The Hall–Kier alpha value is -2.83. The standard InChI is InChI=1S/C13H14N4O3/c1-6-5-8(3-4-9(6)11(14)18)16-12(19)10-7(2)15-13(20)17-10/h3-5H,1-2H3,(H2,14,18)(H,16,19)(H2,15,17,20). The average molecular weight is 274 g/mol. The fourth-order valence-corrected chi connectivity index (χ4v) is 1.91. The molecule has 7 heteroatoms. The first-order valence-electron chi connectivity index (χ1n) is 5.89. The van der Waals surface area contributed by atoms with E-state index in [1.54, 1.807) is 32.0 Å². The first kappa shape index (κ1) is 13.6. The van der Waals surface area contributed by atoms with Gasteiger partial charge in [0.15, 0.2) is 0 Å². The topological polar surface area (TPSA) is 121 Å². The van der Waals surface area contributed by atoms with Crippen LogP contribution in [0, 0.1) is 13.8 Å². The van der Waals surface area contributed by atoms with Crippen molar-refractivity contribution in [1.29, 1.82) is 0 Å². The Kier molecular flexibility index (Phi) is 3.43. The number of rotatable bonds is 3. The van der Waals surface area contributed by atoms with Crippen LogP contribution in [0.25, 0.3) is 0 Å². The lowest BCUT2D eigenvalue weighted by Crippen LogP contribution is -2.16. The zero-order valence-electron chi connectivity index (χ0n) is 11.0. The third-order valence-electron chi connectivity index (χ3n) is 2.89. The average Bonchev–Trinajstić information content (AvgIpc) is 2.68. The molecular formula is C13H14N4O3. The third-order valence-corrected chi connectivity index (χ3v) is 2.89. The van der Waals surface area contributed by atoms with Crippen LogP contribution in [0.2, 0.25) is 0 Å². The lowest BCUT2D eigenvalue weighted by Gasteiger charge is -2.07. The van der Waals surface area contributed by atoms with Crippen LogP contribution in [-0.2, 0) is 0 Å². The van der Waals surface area contributed by atoms with E-state index in [-0.39, 0.29) is 5.69 Å². The molecule has 0 atom stereocenters. The van der Waals surface area contributed by atoms with Crippen molar-refractivity contribution in [2.45, 2.75) is 13.8 Å². The summed E-state index contributed by atoms with van der Waals surface area (Å²) in [5.41, 5.74) is 6.97. The maximum atomic E-state index is 12.0. The van der Waals surface area contributed by atoms with Crippen LogP contribution in [0.5, 0.6) is 0 Å². The largest absolute Gasteiger partial charge is 0.366 e. The summed E-state index contributed by atoms with van der Waals surface area (Å²) >= 11 is 0. The molecule has 2 rings (SSSR count). The molecule has 0 aliphatic heterocycles. The number of benzene rings is 1. The highest BCUT2D eigenvalue weighted by atomic mass is 16.2. The molecule has 1 aromatic carbocycles. The first-order chi connectivity index (χ1) is 9.38. The number of imidazole rings is 1. The van der Waals surface area contributed by atoms with Gasteiger partial charge in [0.05, 0.1) is 0 Å². The van der Waals surface area contributed by atoms with E-state index in [1.807, 2.05) is 0 Å². The maximum absolute atomic E-state index is 12.0. The molecule has 0 saturated heterocycles. The Morgan fingerprint density at radius 3 is 2.40 bits per heavy atom. The van der Waals surface area contributed by atoms with Crippen LogP contribution in [0.15, 0.2) is 23.0 Å². The van der Waals surface area contributed by atoms with Gasteiger partial charge in [-0.15, -0.1) is 0 Å². The molecule has 0 unspecified atom stereocenters. The van der Waals surface area contributed by atoms with E-state index in [0.717, 1.165) is 0 Å². The Morgan fingerprint density at radius 1 is 1.20 bits per heavy atom. The number of primary amides is 1. The van der Waals surface area contributed by atoms with Gasteiger partial charge in [0, 0.05) is 16.9 Å². The van der Waals surface area contributed by atoms with Crippen LogP contribution < -0.4 is 16.7 Å². The van der Waals surface area contributed by atoms with Gasteiger partial charge < -0.3 is 21.0 Å². The summed E-state index contributed by atoms with van der Waals surface area (Å²) in [7, 11) is 0. The summed E-state index contributed by atoms with van der Waals surface area (Å²) in [5.74, 6) is -0.960. The predicted molar refractivity (Wildman–Crippen MR) is 73.8 cm³/mol. The van der Waals surface area contributed by atoms with Crippen molar-refractivity contribution in [2.24, 2.45) is 5.73 Å². The van der Waals surface area contributed by atoms with Gasteiger partial charge in [-0.25, -0.2) is 4.79 Å². The molecule has 0 saturated carbocycles. The van der Waals surface area contributed by atoms with Gasteiger partial charge in [-0.2, -0.15) is 0 Å². The van der Waals surface area contributed by atoms with E-state index in [1.165, 1.54) is 0 Å². The number of nitrogens with two attached hydrogens (primary N) is 1. The Labute approximate surface area is 114 Å². The smallest absolute Gasteiger partial charge is 0.323 e. The molecule has 0 radical (unpaired) electrons. The normalized spacial score (nSPS) is 10.3. The molecular weight excluding hydrogens is 260 g/mol. The minimum absolute atomic E-state index is 0.173. The number of aromatic amines is 2. The number of aryl methyl sites for hydroxylation is 2. The maximum Gasteiger partial charge on any atom is 0.323 e. The third kappa shape index (κ3) is 2.61. The van der Waals surface area contributed by atoms with E-state index >= 15 is 0 Å². The SMILES string of the molecule is Cc1cc(NC(=O)c2[nH]c(=O)[nH]c2C)ccc1C(N)=O. The molecule has 0 spiro atoms. The zero-order valence-corrected chi connectivity index (χ0v) is 11.0. The highest BCUT2D eigenvalue weighted by Gasteiger charge is 2.13. The molecule has 0 fully saturated rings. The molecule has 0 aliphatic rings. The van der Waals surface area contributed by atoms with Crippen LogP contribution >= 0.6 is 0 Å². The van der Waals surface area contributed by atoms with Crippen LogP contribution in [0.1, 0.15) is 32.1 Å². The van der Waals surface area contributed by atoms with Crippen LogP contribution in [-0.4, -0.2) is 21.8 Å². The summed E-state index contributed by atoms with van der Waals surface area (Å²) in [6, 6.07) is 4.75. The lowest BCUT2D eigenvalue weighted by molar-refractivity contribution is 0.0997. The molecule has 0 bridgehead atoms. The van der Waals surface area contributed by atoms with E-state index in [2.05, 4.69) is 15.3 Å². The quantitative estimate of drug-likeness (QED) is 0.658. The molecule has 1 heterocycles. The van der Waals surface area contributed by atoms with Crippen LogP contribution in [0.3, 0.4) is 0 Å². The summed E-state index contributed by atoms with van der Waals surface area (Å²) in [6.07, 6.45) is 0. The van der Waals surface area contributed by atoms with E-state index in [4.69, 9.17) is 5.73 Å². The number of hydrogen-bond donors (Lipinski definition) is 4. The second-order valence-corrected chi connectivity index (χ2v) is 4.43. The fraction of sp³-hybridized carbons (Fsp3) is 0.154. The highest BCUT2D eigenvalue weighted by Crippen LogP contribution is 2.15. The van der Waals surface area contributed by atoms with Gasteiger partial charge in [0.1, 0.15) is 5.69 Å². The molecule has 20 heavy (non-hydrogen) atoms. The Bertz CT molecular complexity index is 742. The second-order valence-electron chi connectivity index (χ2n) is 4.43. The van der Waals surface area contributed by atoms with Crippen molar-refractivity contribution in [1.82, 2.24) is 9.97 Å². The Balaban J connectivity index is 2.24. The molecule has 104 valence electrons.